The van der Waals surface area contributed by atoms with Gasteiger partial charge < -0.3 is 0 Å². The molecule has 0 unspecified atom stereocenters. The number of alkyl halides is 3. The fourth-order valence-corrected chi connectivity index (χ4v) is 2.70. The van der Waals surface area contributed by atoms with Gasteiger partial charge in [-0.25, -0.2) is 4.98 Å². The second-order valence-electron chi connectivity index (χ2n) is 5.79. The molecule has 7 heteroatoms. The van der Waals surface area contributed by atoms with Crippen LogP contribution >= 0.6 is 11.3 Å². The number of amides is 1. The van der Waals surface area contributed by atoms with Gasteiger partial charge in [-0.2, -0.15) is 13.2 Å². The maximum absolute atomic E-state index is 12.9. The molecule has 0 spiro atoms. The average Bonchev–Trinajstić information content (AvgIpc) is 2.86. The zero-order valence-corrected chi connectivity index (χ0v) is 13.1. The van der Waals surface area contributed by atoms with E-state index < -0.39 is 23.2 Å². The van der Waals surface area contributed by atoms with Crippen LogP contribution in [-0.2, 0) is 11.6 Å². The molecule has 0 aliphatic heterocycles. The van der Waals surface area contributed by atoms with Gasteiger partial charge in [0.25, 0.3) is 5.91 Å². The molecule has 0 radical (unpaired) electrons. The number of aromatic nitrogens is 1. The van der Waals surface area contributed by atoms with Crippen LogP contribution in [0.1, 0.15) is 42.4 Å². The Bertz CT molecular complexity index is 687. The quantitative estimate of drug-likeness (QED) is 0.867. The Morgan fingerprint density at radius 2 is 1.82 bits per heavy atom. The van der Waals surface area contributed by atoms with Gasteiger partial charge in [0.05, 0.1) is 16.8 Å². The fourth-order valence-electron chi connectivity index (χ4n) is 1.77. The number of carbonyl (C=O) groups is 1. The third-order valence-corrected chi connectivity index (χ3v) is 3.73. The molecule has 1 aromatic heterocycles. The lowest BCUT2D eigenvalue weighted by atomic mass is 9.93. The largest absolute Gasteiger partial charge is 0.417 e. The van der Waals surface area contributed by atoms with Crippen LogP contribution in [0.5, 0.6) is 0 Å². The molecule has 1 N–H and O–H groups in total. The van der Waals surface area contributed by atoms with Crippen molar-refractivity contribution in [3.05, 3.63) is 46.5 Å². The normalized spacial score (nSPS) is 12.3. The minimum Gasteiger partial charge on any atom is -0.298 e. The summed E-state index contributed by atoms with van der Waals surface area (Å²) in [5, 5.41) is 4.50. The van der Waals surface area contributed by atoms with Crippen LogP contribution in [0.15, 0.2) is 29.6 Å². The minimum atomic E-state index is -4.58. The summed E-state index contributed by atoms with van der Waals surface area (Å²) < 4.78 is 38.7. The van der Waals surface area contributed by atoms with E-state index in [9.17, 15) is 18.0 Å². The maximum Gasteiger partial charge on any atom is 0.417 e. The standard InChI is InChI=1S/C15H15F3N2OS/c1-14(2,3)11-8-22-13(19-11)20-12(21)9-6-4-5-7-10(9)15(16,17)18/h4-8H,1-3H3,(H,19,20,21). The number of benzene rings is 1. The van der Waals surface area contributed by atoms with Gasteiger partial charge in [-0.3, -0.25) is 10.1 Å². The van der Waals surface area contributed by atoms with Crippen molar-refractivity contribution in [2.45, 2.75) is 32.4 Å². The van der Waals surface area contributed by atoms with E-state index in [0.717, 1.165) is 17.8 Å². The van der Waals surface area contributed by atoms with Crippen LogP contribution in [0.25, 0.3) is 0 Å². The number of hydrogen-bond donors (Lipinski definition) is 1. The Hall–Kier alpha value is -1.89. The van der Waals surface area contributed by atoms with E-state index in [4.69, 9.17) is 0 Å². The van der Waals surface area contributed by atoms with Gasteiger partial charge in [0.2, 0.25) is 0 Å². The molecule has 0 aliphatic carbocycles. The molecule has 1 aromatic carbocycles. The van der Waals surface area contributed by atoms with Crippen molar-refractivity contribution in [2.24, 2.45) is 0 Å². The predicted octanol–water partition coefficient (Wildman–Crippen LogP) is 4.71. The monoisotopic (exact) mass is 328 g/mol. The summed E-state index contributed by atoms with van der Waals surface area (Å²) in [6, 6.07) is 4.68. The van der Waals surface area contributed by atoms with Crippen molar-refractivity contribution in [3.8, 4) is 0 Å². The zero-order valence-electron chi connectivity index (χ0n) is 12.3. The molecule has 3 nitrogen and oxygen atoms in total. The summed E-state index contributed by atoms with van der Waals surface area (Å²) in [5.74, 6) is -0.817. The number of rotatable bonds is 2. The lowest BCUT2D eigenvalue weighted by Gasteiger charge is -2.14. The van der Waals surface area contributed by atoms with E-state index in [1.807, 2.05) is 20.8 Å². The molecular formula is C15H15F3N2OS. The van der Waals surface area contributed by atoms with Gasteiger partial charge in [0.15, 0.2) is 5.13 Å². The molecule has 22 heavy (non-hydrogen) atoms. The Morgan fingerprint density at radius 1 is 1.18 bits per heavy atom. The first-order valence-electron chi connectivity index (χ1n) is 6.52. The number of thiazole rings is 1. The molecule has 0 saturated carbocycles. The number of nitrogens with zero attached hydrogens (tertiary/aromatic N) is 1. The van der Waals surface area contributed by atoms with Crippen LogP contribution < -0.4 is 5.32 Å². The molecule has 2 aromatic rings. The van der Waals surface area contributed by atoms with Crippen LogP contribution in [0.2, 0.25) is 0 Å². The maximum atomic E-state index is 12.9. The average molecular weight is 328 g/mol. The lowest BCUT2D eigenvalue weighted by Crippen LogP contribution is -2.19. The number of anilines is 1. The highest BCUT2D eigenvalue weighted by atomic mass is 32.1. The first-order valence-corrected chi connectivity index (χ1v) is 7.40. The number of carbonyl (C=O) groups excluding carboxylic acids is 1. The number of nitrogens with one attached hydrogen (secondary N) is 1. The van der Waals surface area contributed by atoms with Gasteiger partial charge in [-0.1, -0.05) is 32.9 Å². The predicted molar refractivity (Wildman–Crippen MR) is 80.2 cm³/mol. The van der Waals surface area contributed by atoms with Crippen molar-refractivity contribution >= 4 is 22.4 Å². The number of hydrogen-bond acceptors (Lipinski definition) is 3. The fraction of sp³-hybridized carbons (Fsp3) is 0.333. The van der Waals surface area contributed by atoms with Crippen molar-refractivity contribution in [1.82, 2.24) is 4.98 Å². The van der Waals surface area contributed by atoms with Crippen molar-refractivity contribution < 1.29 is 18.0 Å². The highest BCUT2D eigenvalue weighted by Crippen LogP contribution is 2.32. The Balaban J connectivity index is 2.26. The molecule has 0 fully saturated rings. The molecule has 2 rings (SSSR count). The molecule has 1 heterocycles. The third-order valence-electron chi connectivity index (χ3n) is 2.97. The van der Waals surface area contributed by atoms with E-state index in [2.05, 4.69) is 10.3 Å². The summed E-state index contributed by atoms with van der Waals surface area (Å²) in [5.41, 5.74) is -0.789. The molecule has 118 valence electrons. The topological polar surface area (TPSA) is 42.0 Å². The van der Waals surface area contributed by atoms with Crippen molar-refractivity contribution in [2.75, 3.05) is 5.32 Å². The Labute approximate surface area is 130 Å². The third kappa shape index (κ3) is 3.65. The van der Waals surface area contributed by atoms with Crippen molar-refractivity contribution in [1.29, 1.82) is 0 Å². The van der Waals surface area contributed by atoms with Crippen molar-refractivity contribution in [3.63, 3.8) is 0 Å². The van der Waals surface area contributed by atoms with Crippen LogP contribution in [0.4, 0.5) is 18.3 Å². The van der Waals surface area contributed by atoms with Crippen LogP contribution in [0, 0.1) is 0 Å². The molecule has 1 amide bonds. The molecule has 0 saturated heterocycles. The molecule has 0 atom stereocenters. The van der Waals surface area contributed by atoms with E-state index in [1.54, 1.807) is 5.38 Å². The summed E-state index contributed by atoms with van der Waals surface area (Å²) in [4.78, 5) is 16.3. The summed E-state index contributed by atoms with van der Waals surface area (Å²) >= 11 is 1.19. The van der Waals surface area contributed by atoms with E-state index in [0.29, 0.717) is 0 Å². The highest BCUT2D eigenvalue weighted by Gasteiger charge is 2.35. The Morgan fingerprint density at radius 3 is 2.36 bits per heavy atom. The lowest BCUT2D eigenvalue weighted by molar-refractivity contribution is -0.137. The summed E-state index contributed by atoms with van der Waals surface area (Å²) in [6.45, 7) is 5.89. The highest BCUT2D eigenvalue weighted by molar-refractivity contribution is 7.14. The summed E-state index contributed by atoms with van der Waals surface area (Å²) in [7, 11) is 0. The molecule has 0 bridgehead atoms. The second kappa shape index (κ2) is 5.72. The van der Waals surface area contributed by atoms with Gasteiger partial charge in [0.1, 0.15) is 0 Å². The van der Waals surface area contributed by atoms with Gasteiger partial charge in [-0.15, -0.1) is 11.3 Å². The van der Waals surface area contributed by atoms with Crippen LogP contribution in [0.3, 0.4) is 0 Å². The SMILES string of the molecule is CC(C)(C)c1csc(NC(=O)c2ccccc2C(F)(F)F)n1. The van der Waals surface area contributed by atoms with E-state index in [1.165, 1.54) is 23.5 Å². The second-order valence-corrected chi connectivity index (χ2v) is 6.64. The Kier molecular flexibility index (Phi) is 4.28. The van der Waals surface area contributed by atoms with E-state index >= 15 is 0 Å². The minimum absolute atomic E-state index is 0.191. The first-order chi connectivity index (χ1) is 10.1. The first kappa shape index (κ1) is 16.5. The van der Waals surface area contributed by atoms with Gasteiger partial charge >= 0.3 is 6.18 Å². The number of halogens is 3. The smallest absolute Gasteiger partial charge is 0.298 e. The zero-order chi connectivity index (χ0) is 16.5. The van der Waals surface area contributed by atoms with Gasteiger partial charge in [0, 0.05) is 10.8 Å². The molecular weight excluding hydrogens is 313 g/mol. The summed E-state index contributed by atoms with van der Waals surface area (Å²) in [6.07, 6.45) is -4.58. The van der Waals surface area contributed by atoms with Gasteiger partial charge in [-0.05, 0) is 12.1 Å². The van der Waals surface area contributed by atoms with E-state index in [-0.39, 0.29) is 10.5 Å². The van der Waals surface area contributed by atoms with Crippen LogP contribution in [-0.4, -0.2) is 10.9 Å². The molecule has 0 aliphatic rings.